The second-order valence-corrected chi connectivity index (χ2v) is 3.21. The molecule has 2 rings (SSSR count). The van der Waals surface area contributed by atoms with Crippen molar-refractivity contribution >= 4 is 0 Å². The summed E-state index contributed by atoms with van der Waals surface area (Å²) in [5, 5.41) is 8.82. The molecule has 0 spiro atoms. The molecule has 72 valence electrons. The summed E-state index contributed by atoms with van der Waals surface area (Å²) in [4.78, 5) is 0. The monoisotopic (exact) mass is 189 g/mol. The van der Waals surface area contributed by atoms with Gasteiger partial charge in [0.15, 0.2) is 6.10 Å². The molecule has 1 aromatic carbocycles. The molecule has 0 fully saturated rings. The van der Waals surface area contributed by atoms with Gasteiger partial charge < -0.3 is 9.47 Å². The zero-order chi connectivity index (χ0) is 9.97. The molecule has 0 aromatic heterocycles. The minimum atomic E-state index is -0.471. The number of benzene rings is 1. The number of hydrogen-bond donors (Lipinski definition) is 0. The van der Waals surface area contributed by atoms with Crippen LogP contribution in [0.25, 0.3) is 0 Å². The Morgan fingerprint density at radius 1 is 1.57 bits per heavy atom. The summed E-state index contributed by atoms with van der Waals surface area (Å²) >= 11 is 0. The second-order valence-electron chi connectivity index (χ2n) is 3.21. The van der Waals surface area contributed by atoms with Crippen molar-refractivity contribution in [2.75, 3.05) is 13.7 Å². The third kappa shape index (κ3) is 1.45. The fourth-order valence-corrected chi connectivity index (χ4v) is 1.63. The van der Waals surface area contributed by atoms with Gasteiger partial charge in [0.25, 0.3) is 0 Å². The Morgan fingerprint density at radius 3 is 3.14 bits per heavy atom. The molecule has 1 aliphatic rings. The van der Waals surface area contributed by atoms with Crippen molar-refractivity contribution in [1.29, 1.82) is 5.26 Å². The Balaban J connectivity index is 2.33. The molecule has 0 amide bonds. The molecule has 14 heavy (non-hydrogen) atoms. The van der Waals surface area contributed by atoms with Gasteiger partial charge in [-0.05, 0) is 23.3 Å². The van der Waals surface area contributed by atoms with Gasteiger partial charge in [-0.1, -0.05) is 6.07 Å². The van der Waals surface area contributed by atoms with Crippen molar-refractivity contribution < 1.29 is 9.47 Å². The lowest BCUT2D eigenvalue weighted by atomic mass is 10.1. The van der Waals surface area contributed by atoms with E-state index in [0.717, 1.165) is 24.3 Å². The van der Waals surface area contributed by atoms with Gasteiger partial charge in [-0.2, -0.15) is 5.26 Å². The molecule has 0 radical (unpaired) electrons. The van der Waals surface area contributed by atoms with Gasteiger partial charge in [0.05, 0.1) is 12.7 Å². The number of nitriles is 1. The Kier molecular flexibility index (Phi) is 2.38. The summed E-state index contributed by atoms with van der Waals surface area (Å²) in [6, 6.07) is 7.86. The standard InChI is InChI=1S/C11H11NO2/c1-13-11(7-12)8-2-3-10-9(6-8)4-5-14-10/h2-3,6,11H,4-5H2,1H3. The van der Waals surface area contributed by atoms with Crippen molar-refractivity contribution in [3.05, 3.63) is 29.3 Å². The number of hydrogen-bond acceptors (Lipinski definition) is 3. The zero-order valence-electron chi connectivity index (χ0n) is 7.99. The summed E-state index contributed by atoms with van der Waals surface area (Å²) in [7, 11) is 1.54. The molecular weight excluding hydrogens is 178 g/mol. The quantitative estimate of drug-likeness (QED) is 0.712. The fourth-order valence-electron chi connectivity index (χ4n) is 1.63. The van der Waals surface area contributed by atoms with E-state index in [-0.39, 0.29) is 0 Å². The third-order valence-corrected chi connectivity index (χ3v) is 2.37. The number of fused-ring (bicyclic) bond motifs is 1. The summed E-state index contributed by atoms with van der Waals surface area (Å²) in [5.74, 6) is 0.932. The fraction of sp³-hybridized carbons (Fsp3) is 0.364. The molecule has 0 saturated heterocycles. The Bertz CT molecular complexity index is 381. The zero-order valence-corrected chi connectivity index (χ0v) is 7.99. The molecule has 0 saturated carbocycles. The maximum Gasteiger partial charge on any atom is 0.168 e. The molecular formula is C11H11NO2. The smallest absolute Gasteiger partial charge is 0.168 e. The van der Waals surface area contributed by atoms with Crippen LogP contribution in [0.4, 0.5) is 0 Å². The SMILES string of the molecule is COC(C#N)c1ccc2c(c1)CCO2. The Hall–Kier alpha value is -1.53. The van der Waals surface area contributed by atoms with Gasteiger partial charge in [0, 0.05) is 13.5 Å². The highest BCUT2D eigenvalue weighted by Crippen LogP contribution is 2.28. The molecule has 1 atom stereocenters. The van der Waals surface area contributed by atoms with E-state index in [4.69, 9.17) is 14.7 Å². The van der Waals surface area contributed by atoms with Crippen molar-refractivity contribution in [2.45, 2.75) is 12.5 Å². The molecule has 1 aromatic rings. The first kappa shape index (κ1) is 9.04. The van der Waals surface area contributed by atoms with Gasteiger partial charge >= 0.3 is 0 Å². The van der Waals surface area contributed by atoms with Crippen molar-refractivity contribution in [3.8, 4) is 11.8 Å². The molecule has 0 aliphatic carbocycles. The summed E-state index contributed by atoms with van der Waals surface area (Å²) in [5.41, 5.74) is 2.07. The number of ether oxygens (including phenoxy) is 2. The second kappa shape index (κ2) is 3.69. The van der Waals surface area contributed by atoms with Crippen LogP contribution in [0.15, 0.2) is 18.2 Å². The summed E-state index contributed by atoms with van der Waals surface area (Å²) < 4.78 is 10.4. The average Bonchev–Trinajstić information content (AvgIpc) is 2.66. The van der Waals surface area contributed by atoms with Crippen LogP contribution in [0.5, 0.6) is 5.75 Å². The van der Waals surface area contributed by atoms with E-state index >= 15 is 0 Å². The summed E-state index contributed by atoms with van der Waals surface area (Å²) in [6.07, 6.45) is 0.450. The van der Waals surface area contributed by atoms with Crippen LogP contribution in [-0.2, 0) is 11.2 Å². The number of nitrogens with zero attached hydrogens (tertiary/aromatic N) is 1. The predicted molar refractivity (Wildman–Crippen MR) is 51.0 cm³/mol. The van der Waals surface area contributed by atoms with E-state index in [0.29, 0.717) is 0 Å². The van der Waals surface area contributed by atoms with Crippen LogP contribution in [0, 0.1) is 11.3 Å². The first-order chi connectivity index (χ1) is 6.85. The summed E-state index contributed by atoms with van der Waals surface area (Å²) in [6.45, 7) is 0.739. The van der Waals surface area contributed by atoms with Crippen LogP contribution >= 0.6 is 0 Å². The highest BCUT2D eigenvalue weighted by Gasteiger charge is 2.15. The van der Waals surface area contributed by atoms with E-state index in [1.54, 1.807) is 0 Å². The number of rotatable bonds is 2. The molecule has 0 bridgehead atoms. The normalized spacial score (nSPS) is 15.4. The molecule has 3 nitrogen and oxygen atoms in total. The van der Waals surface area contributed by atoms with Gasteiger partial charge in [-0.15, -0.1) is 0 Å². The lowest BCUT2D eigenvalue weighted by Crippen LogP contribution is -1.98. The highest BCUT2D eigenvalue weighted by atomic mass is 16.5. The van der Waals surface area contributed by atoms with Gasteiger partial charge in [-0.3, -0.25) is 0 Å². The molecule has 0 N–H and O–H groups in total. The highest BCUT2D eigenvalue weighted by molar-refractivity contribution is 5.41. The Morgan fingerprint density at radius 2 is 2.43 bits per heavy atom. The van der Waals surface area contributed by atoms with Crippen molar-refractivity contribution in [3.63, 3.8) is 0 Å². The topological polar surface area (TPSA) is 42.2 Å². The molecule has 1 unspecified atom stereocenters. The third-order valence-electron chi connectivity index (χ3n) is 2.37. The largest absolute Gasteiger partial charge is 0.493 e. The molecule has 3 heteroatoms. The van der Waals surface area contributed by atoms with Crippen LogP contribution < -0.4 is 4.74 Å². The molecule has 1 aliphatic heterocycles. The van der Waals surface area contributed by atoms with Crippen LogP contribution in [0.3, 0.4) is 0 Å². The van der Waals surface area contributed by atoms with Crippen LogP contribution in [0.2, 0.25) is 0 Å². The number of methoxy groups -OCH3 is 1. The average molecular weight is 189 g/mol. The van der Waals surface area contributed by atoms with Crippen LogP contribution in [0.1, 0.15) is 17.2 Å². The lowest BCUT2D eigenvalue weighted by molar-refractivity contribution is 0.148. The lowest BCUT2D eigenvalue weighted by Gasteiger charge is -2.08. The minimum absolute atomic E-state index is 0.471. The van der Waals surface area contributed by atoms with E-state index in [2.05, 4.69) is 6.07 Å². The van der Waals surface area contributed by atoms with E-state index in [1.807, 2.05) is 18.2 Å². The van der Waals surface area contributed by atoms with E-state index in [9.17, 15) is 0 Å². The van der Waals surface area contributed by atoms with Crippen LogP contribution in [-0.4, -0.2) is 13.7 Å². The van der Waals surface area contributed by atoms with Gasteiger partial charge in [-0.25, -0.2) is 0 Å². The van der Waals surface area contributed by atoms with Crippen molar-refractivity contribution in [1.82, 2.24) is 0 Å². The van der Waals surface area contributed by atoms with E-state index < -0.39 is 6.10 Å². The molecule has 1 heterocycles. The maximum atomic E-state index is 8.82. The van der Waals surface area contributed by atoms with E-state index in [1.165, 1.54) is 12.7 Å². The van der Waals surface area contributed by atoms with Crippen molar-refractivity contribution in [2.24, 2.45) is 0 Å². The van der Waals surface area contributed by atoms with Gasteiger partial charge in [0.2, 0.25) is 0 Å². The minimum Gasteiger partial charge on any atom is -0.493 e. The maximum absolute atomic E-state index is 8.82. The first-order valence-corrected chi connectivity index (χ1v) is 4.53. The predicted octanol–water partition coefficient (Wildman–Crippen LogP) is 1.83. The first-order valence-electron chi connectivity index (χ1n) is 4.53. The Labute approximate surface area is 82.9 Å². The van der Waals surface area contributed by atoms with Gasteiger partial charge in [0.1, 0.15) is 5.75 Å².